The van der Waals surface area contributed by atoms with Crippen molar-refractivity contribution in [2.45, 2.75) is 6.17 Å². The van der Waals surface area contributed by atoms with E-state index in [1.54, 1.807) is 0 Å². The van der Waals surface area contributed by atoms with Crippen LogP contribution in [0.5, 0.6) is 0 Å². The molecule has 2 aliphatic rings. The first-order valence-electron chi connectivity index (χ1n) is 5.44. The van der Waals surface area contributed by atoms with Crippen LogP contribution >= 0.6 is 0 Å². The maximum absolute atomic E-state index is 3.52. The minimum Gasteiger partial charge on any atom is -0.358 e. The summed E-state index contributed by atoms with van der Waals surface area (Å²) in [7, 11) is 0. The van der Waals surface area contributed by atoms with E-state index in [-0.39, 0.29) is 6.17 Å². The summed E-state index contributed by atoms with van der Waals surface area (Å²) in [6.45, 7) is 0. The smallest absolute Gasteiger partial charge is 0.147 e. The maximum Gasteiger partial charge on any atom is 0.147 e. The van der Waals surface area contributed by atoms with Crippen LogP contribution in [0.25, 0.3) is 0 Å². The van der Waals surface area contributed by atoms with E-state index in [1.807, 2.05) is 0 Å². The molecular formula is C13H11N3. The first-order chi connectivity index (χ1) is 7.93. The Labute approximate surface area is 93.7 Å². The third kappa shape index (κ3) is 0.877. The second kappa shape index (κ2) is 2.70. The zero-order valence-electron chi connectivity index (χ0n) is 8.64. The molecule has 0 saturated heterocycles. The highest BCUT2D eigenvalue weighted by atomic mass is 15.6. The van der Waals surface area contributed by atoms with Crippen LogP contribution in [0.2, 0.25) is 0 Å². The Morgan fingerprint density at radius 3 is 2.56 bits per heavy atom. The highest BCUT2D eigenvalue weighted by Gasteiger charge is 2.36. The molecule has 0 aromatic heterocycles. The molecule has 2 aromatic carbocycles. The monoisotopic (exact) mass is 209 g/mol. The van der Waals surface area contributed by atoms with Gasteiger partial charge in [-0.2, -0.15) is 0 Å². The normalized spacial score (nSPS) is 19.5. The fourth-order valence-corrected chi connectivity index (χ4v) is 2.47. The molecule has 2 aliphatic heterocycles. The highest BCUT2D eigenvalue weighted by molar-refractivity contribution is 5.82. The Hall–Kier alpha value is -2.16. The van der Waals surface area contributed by atoms with Gasteiger partial charge < -0.3 is 5.32 Å². The molecule has 0 bridgehead atoms. The Morgan fingerprint density at radius 2 is 1.62 bits per heavy atom. The van der Waals surface area contributed by atoms with Gasteiger partial charge in [-0.15, -0.1) is 0 Å². The van der Waals surface area contributed by atoms with Gasteiger partial charge in [0, 0.05) is 5.56 Å². The quantitative estimate of drug-likeness (QED) is 0.698. The summed E-state index contributed by atoms with van der Waals surface area (Å²) in [4.78, 5) is 0. The molecule has 0 fully saturated rings. The topological polar surface area (TPSA) is 27.3 Å². The number of hydrogen-bond donors (Lipinski definition) is 2. The molecule has 2 heterocycles. The van der Waals surface area contributed by atoms with Gasteiger partial charge in [0.05, 0.1) is 17.1 Å². The maximum atomic E-state index is 3.52. The van der Waals surface area contributed by atoms with E-state index >= 15 is 0 Å². The fourth-order valence-electron chi connectivity index (χ4n) is 2.47. The molecule has 1 atom stereocenters. The van der Waals surface area contributed by atoms with Crippen LogP contribution in [0, 0.1) is 0 Å². The van der Waals surface area contributed by atoms with Gasteiger partial charge in [-0.25, -0.2) is 0 Å². The zero-order valence-corrected chi connectivity index (χ0v) is 8.64. The average Bonchev–Trinajstić information content (AvgIpc) is 2.85. The lowest BCUT2D eigenvalue weighted by atomic mass is 10.1. The van der Waals surface area contributed by atoms with E-state index in [4.69, 9.17) is 0 Å². The number of nitrogens with one attached hydrogen (secondary N) is 2. The average molecular weight is 209 g/mol. The summed E-state index contributed by atoms with van der Waals surface area (Å²) >= 11 is 0. The van der Waals surface area contributed by atoms with E-state index in [9.17, 15) is 0 Å². The molecule has 0 saturated carbocycles. The SMILES string of the molecule is c1ccc2c(c1)NN1c3ccccc3NC21. The molecule has 1 unspecified atom stereocenters. The summed E-state index contributed by atoms with van der Waals surface area (Å²) in [6, 6.07) is 16.8. The van der Waals surface area contributed by atoms with Crippen LogP contribution in [0.15, 0.2) is 48.5 Å². The summed E-state index contributed by atoms with van der Waals surface area (Å²) in [5.41, 5.74) is 8.32. The van der Waals surface area contributed by atoms with E-state index < -0.39 is 0 Å². The Bertz CT molecular complexity index is 513. The van der Waals surface area contributed by atoms with Crippen LogP contribution < -0.4 is 15.8 Å². The van der Waals surface area contributed by atoms with E-state index in [2.05, 4.69) is 64.3 Å². The van der Waals surface area contributed by atoms with Gasteiger partial charge in [-0.3, -0.25) is 10.4 Å². The van der Waals surface area contributed by atoms with E-state index in [0.717, 1.165) is 0 Å². The van der Waals surface area contributed by atoms with Gasteiger partial charge in [0.1, 0.15) is 6.17 Å². The molecule has 0 radical (unpaired) electrons. The number of fused-ring (bicyclic) bond motifs is 5. The summed E-state index contributed by atoms with van der Waals surface area (Å²) in [6.07, 6.45) is 0.230. The number of benzene rings is 2. The van der Waals surface area contributed by atoms with Gasteiger partial charge in [-0.05, 0) is 18.2 Å². The first kappa shape index (κ1) is 8.05. The fraction of sp³-hybridized carbons (Fsp3) is 0.0769. The molecule has 0 aliphatic carbocycles. The van der Waals surface area contributed by atoms with Crippen molar-refractivity contribution >= 4 is 17.1 Å². The van der Waals surface area contributed by atoms with Gasteiger partial charge in [0.25, 0.3) is 0 Å². The predicted molar refractivity (Wildman–Crippen MR) is 65.3 cm³/mol. The Kier molecular flexibility index (Phi) is 1.36. The van der Waals surface area contributed by atoms with Crippen molar-refractivity contribution in [3.8, 4) is 0 Å². The molecular weight excluding hydrogens is 198 g/mol. The second-order valence-electron chi connectivity index (χ2n) is 4.13. The van der Waals surface area contributed by atoms with Crippen LogP contribution in [-0.2, 0) is 0 Å². The Balaban J connectivity index is 1.86. The van der Waals surface area contributed by atoms with E-state index in [0.29, 0.717) is 0 Å². The molecule has 78 valence electrons. The van der Waals surface area contributed by atoms with Crippen molar-refractivity contribution in [3.05, 3.63) is 54.1 Å². The summed E-state index contributed by atoms with van der Waals surface area (Å²) < 4.78 is 0. The number of hydrazine groups is 1. The van der Waals surface area contributed by atoms with Crippen molar-refractivity contribution in [1.29, 1.82) is 0 Å². The molecule has 2 N–H and O–H groups in total. The van der Waals surface area contributed by atoms with Crippen molar-refractivity contribution in [2.75, 3.05) is 15.8 Å². The second-order valence-corrected chi connectivity index (χ2v) is 4.13. The van der Waals surface area contributed by atoms with Crippen LogP contribution in [0.3, 0.4) is 0 Å². The van der Waals surface area contributed by atoms with Crippen LogP contribution in [0.1, 0.15) is 11.7 Å². The lowest BCUT2D eigenvalue weighted by Gasteiger charge is -2.17. The molecule has 3 heteroatoms. The van der Waals surface area contributed by atoms with Gasteiger partial charge in [0.15, 0.2) is 0 Å². The van der Waals surface area contributed by atoms with Crippen LogP contribution in [-0.4, -0.2) is 0 Å². The molecule has 0 spiro atoms. The first-order valence-corrected chi connectivity index (χ1v) is 5.44. The predicted octanol–water partition coefficient (Wildman–Crippen LogP) is 2.96. The zero-order chi connectivity index (χ0) is 10.5. The van der Waals surface area contributed by atoms with E-state index in [1.165, 1.54) is 22.6 Å². The van der Waals surface area contributed by atoms with Gasteiger partial charge in [-0.1, -0.05) is 30.3 Å². The lowest BCUT2D eigenvalue weighted by molar-refractivity contribution is 0.833. The molecule has 16 heavy (non-hydrogen) atoms. The third-order valence-electron chi connectivity index (χ3n) is 3.21. The minimum atomic E-state index is 0.230. The third-order valence-corrected chi connectivity index (χ3v) is 3.21. The molecule has 3 nitrogen and oxygen atoms in total. The van der Waals surface area contributed by atoms with Gasteiger partial charge in [0.2, 0.25) is 0 Å². The van der Waals surface area contributed by atoms with Crippen molar-refractivity contribution in [3.63, 3.8) is 0 Å². The Morgan fingerprint density at radius 1 is 0.875 bits per heavy atom. The molecule has 2 aromatic rings. The number of anilines is 3. The summed E-state index contributed by atoms with van der Waals surface area (Å²) in [5.74, 6) is 0. The van der Waals surface area contributed by atoms with Crippen molar-refractivity contribution in [2.24, 2.45) is 0 Å². The van der Waals surface area contributed by atoms with Crippen molar-refractivity contribution in [1.82, 2.24) is 0 Å². The number of para-hydroxylation sites is 3. The number of hydrogen-bond acceptors (Lipinski definition) is 3. The molecule has 4 rings (SSSR count). The lowest BCUT2D eigenvalue weighted by Crippen LogP contribution is -2.25. The standard InChI is InChI=1S/C13H11N3/c1-2-6-10-9(5-1)13-14-11-7-3-4-8-12(11)16(13)15-10/h1-8,13-15H. The number of rotatable bonds is 0. The molecule has 0 amide bonds. The van der Waals surface area contributed by atoms with Crippen molar-refractivity contribution < 1.29 is 0 Å². The minimum absolute atomic E-state index is 0.230. The largest absolute Gasteiger partial charge is 0.358 e. The van der Waals surface area contributed by atoms with Gasteiger partial charge >= 0.3 is 0 Å². The number of nitrogens with zero attached hydrogens (tertiary/aromatic N) is 1. The highest BCUT2D eigenvalue weighted by Crippen LogP contribution is 2.46. The van der Waals surface area contributed by atoms with Crippen LogP contribution in [0.4, 0.5) is 17.1 Å². The summed E-state index contributed by atoms with van der Waals surface area (Å²) in [5, 5.41) is 5.70.